The molecule has 0 aromatic carbocycles. The Bertz CT molecular complexity index is 278. The second-order valence-electron chi connectivity index (χ2n) is 1.78. The third-order valence-corrected chi connectivity index (χ3v) is 1.56. The maximum Gasteiger partial charge on any atom is 0.259 e. The van der Waals surface area contributed by atoms with Crippen LogP contribution in [0, 0.1) is 0 Å². The highest BCUT2D eigenvalue weighted by Gasteiger charge is 2.08. The summed E-state index contributed by atoms with van der Waals surface area (Å²) in [5.41, 5.74) is 0. The molecule has 0 unspecified atom stereocenters. The Hall–Kier alpha value is -0.670. The lowest BCUT2D eigenvalue weighted by Crippen LogP contribution is -1.88. The zero-order chi connectivity index (χ0) is 8.43. The van der Waals surface area contributed by atoms with Crippen molar-refractivity contribution < 1.29 is 9.84 Å². The van der Waals surface area contributed by atoms with Gasteiger partial charge in [0.2, 0.25) is 0 Å². The van der Waals surface area contributed by atoms with Gasteiger partial charge in [-0.25, -0.2) is 0 Å². The Labute approximate surface area is 73.5 Å². The molecule has 3 nitrogen and oxygen atoms in total. The molecule has 0 aliphatic rings. The standard InChI is InChI=1S/C6H5Cl2NO2/c1-11-6-5(10)3(7)2-4(8)9-6/h2,10H,1H3. The van der Waals surface area contributed by atoms with Crippen LogP contribution in [0.25, 0.3) is 0 Å². The summed E-state index contributed by atoms with van der Waals surface area (Å²) < 4.78 is 4.68. The SMILES string of the molecule is COc1nc(Cl)cc(Cl)c1O. The second kappa shape index (κ2) is 3.15. The summed E-state index contributed by atoms with van der Waals surface area (Å²) in [6, 6.07) is 1.33. The van der Waals surface area contributed by atoms with Crippen LogP contribution in [0.4, 0.5) is 0 Å². The number of halogens is 2. The summed E-state index contributed by atoms with van der Waals surface area (Å²) in [6.07, 6.45) is 0. The number of nitrogens with zero attached hydrogens (tertiary/aromatic N) is 1. The minimum Gasteiger partial charge on any atom is -0.502 e. The maximum atomic E-state index is 9.14. The first-order chi connectivity index (χ1) is 5.15. The number of aromatic nitrogens is 1. The molecule has 1 heterocycles. The van der Waals surface area contributed by atoms with Crippen LogP contribution in [0.2, 0.25) is 10.2 Å². The minimum absolute atomic E-state index is 0.0301. The highest BCUT2D eigenvalue weighted by atomic mass is 35.5. The smallest absolute Gasteiger partial charge is 0.259 e. The molecule has 0 atom stereocenters. The van der Waals surface area contributed by atoms with Crippen LogP contribution >= 0.6 is 23.2 Å². The third-order valence-electron chi connectivity index (χ3n) is 1.08. The van der Waals surface area contributed by atoms with E-state index >= 15 is 0 Å². The van der Waals surface area contributed by atoms with E-state index in [9.17, 15) is 0 Å². The summed E-state index contributed by atoms with van der Waals surface area (Å²) in [4.78, 5) is 3.66. The van der Waals surface area contributed by atoms with Crippen molar-refractivity contribution in [2.45, 2.75) is 0 Å². The van der Waals surface area contributed by atoms with Crippen LogP contribution in [-0.4, -0.2) is 17.2 Å². The first-order valence-corrected chi connectivity index (χ1v) is 3.49. The van der Waals surface area contributed by atoms with Crippen molar-refractivity contribution in [2.75, 3.05) is 7.11 Å². The Balaban J connectivity index is 3.24. The van der Waals surface area contributed by atoms with Gasteiger partial charge in [-0.3, -0.25) is 0 Å². The normalized spacial score (nSPS) is 9.73. The lowest BCUT2D eigenvalue weighted by Gasteiger charge is -2.02. The molecule has 0 saturated carbocycles. The molecule has 1 N–H and O–H groups in total. The van der Waals surface area contributed by atoms with Crippen molar-refractivity contribution >= 4 is 23.2 Å². The molecule has 1 rings (SSSR count). The Morgan fingerprint density at radius 1 is 1.55 bits per heavy atom. The van der Waals surface area contributed by atoms with E-state index in [2.05, 4.69) is 9.72 Å². The van der Waals surface area contributed by atoms with Gasteiger partial charge < -0.3 is 9.84 Å². The zero-order valence-corrected chi connectivity index (χ0v) is 7.15. The number of methoxy groups -OCH3 is 1. The van der Waals surface area contributed by atoms with Gasteiger partial charge in [-0.15, -0.1) is 0 Å². The fourth-order valence-corrected chi connectivity index (χ4v) is 1.03. The highest BCUT2D eigenvalue weighted by Crippen LogP contribution is 2.33. The van der Waals surface area contributed by atoms with Gasteiger partial charge in [0.1, 0.15) is 5.15 Å². The lowest BCUT2D eigenvalue weighted by atomic mass is 10.4. The largest absolute Gasteiger partial charge is 0.502 e. The van der Waals surface area contributed by atoms with E-state index in [-0.39, 0.29) is 21.8 Å². The molecule has 0 amide bonds. The van der Waals surface area contributed by atoms with E-state index in [1.54, 1.807) is 0 Å². The van der Waals surface area contributed by atoms with Gasteiger partial charge in [0.05, 0.1) is 12.1 Å². The molecule has 0 radical (unpaired) electrons. The number of hydrogen-bond acceptors (Lipinski definition) is 3. The molecule has 1 aromatic heterocycles. The van der Waals surface area contributed by atoms with Gasteiger partial charge in [-0.2, -0.15) is 4.98 Å². The monoisotopic (exact) mass is 193 g/mol. The predicted octanol–water partition coefficient (Wildman–Crippen LogP) is 2.10. The van der Waals surface area contributed by atoms with Crippen molar-refractivity contribution in [1.29, 1.82) is 0 Å². The van der Waals surface area contributed by atoms with Gasteiger partial charge in [-0.1, -0.05) is 23.2 Å². The average molecular weight is 194 g/mol. The van der Waals surface area contributed by atoms with Crippen LogP contribution in [0.1, 0.15) is 0 Å². The van der Waals surface area contributed by atoms with Crippen molar-refractivity contribution in [3.05, 3.63) is 16.2 Å². The quantitative estimate of drug-likeness (QED) is 0.696. The van der Waals surface area contributed by atoms with Crippen LogP contribution in [-0.2, 0) is 0 Å². The summed E-state index contributed by atoms with van der Waals surface area (Å²) in [7, 11) is 1.37. The van der Waals surface area contributed by atoms with E-state index in [1.165, 1.54) is 13.2 Å². The van der Waals surface area contributed by atoms with E-state index in [0.717, 1.165) is 0 Å². The van der Waals surface area contributed by atoms with Crippen molar-refractivity contribution in [3.63, 3.8) is 0 Å². The Morgan fingerprint density at radius 3 is 2.73 bits per heavy atom. The zero-order valence-electron chi connectivity index (χ0n) is 5.64. The van der Waals surface area contributed by atoms with Gasteiger partial charge in [-0.05, 0) is 6.07 Å². The first-order valence-electron chi connectivity index (χ1n) is 2.74. The fourth-order valence-electron chi connectivity index (χ4n) is 0.600. The molecule has 0 aliphatic heterocycles. The van der Waals surface area contributed by atoms with E-state index < -0.39 is 0 Å². The topological polar surface area (TPSA) is 42.4 Å². The van der Waals surface area contributed by atoms with Crippen LogP contribution < -0.4 is 4.74 Å². The number of rotatable bonds is 1. The van der Waals surface area contributed by atoms with Crippen molar-refractivity contribution in [1.82, 2.24) is 4.98 Å². The van der Waals surface area contributed by atoms with Gasteiger partial charge in [0.15, 0.2) is 5.75 Å². The summed E-state index contributed by atoms with van der Waals surface area (Å²) in [6.45, 7) is 0. The minimum atomic E-state index is -0.196. The average Bonchev–Trinajstić information content (AvgIpc) is 1.96. The molecule has 0 aliphatic carbocycles. The molecule has 1 aromatic rings. The van der Waals surface area contributed by atoms with Gasteiger partial charge >= 0.3 is 0 Å². The maximum absolute atomic E-state index is 9.14. The van der Waals surface area contributed by atoms with E-state index in [0.29, 0.717) is 0 Å². The molecule has 0 saturated heterocycles. The first kappa shape index (κ1) is 8.43. The van der Waals surface area contributed by atoms with Crippen LogP contribution in [0.5, 0.6) is 11.6 Å². The summed E-state index contributed by atoms with van der Waals surface area (Å²) >= 11 is 11.1. The van der Waals surface area contributed by atoms with Gasteiger partial charge in [0, 0.05) is 0 Å². The van der Waals surface area contributed by atoms with E-state index in [4.69, 9.17) is 28.3 Å². The molecule has 0 spiro atoms. The lowest BCUT2D eigenvalue weighted by molar-refractivity contribution is 0.359. The number of pyridine rings is 1. The summed E-state index contributed by atoms with van der Waals surface area (Å²) in [5.74, 6) is -0.166. The number of ether oxygens (including phenoxy) is 1. The second-order valence-corrected chi connectivity index (χ2v) is 2.58. The van der Waals surface area contributed by atoms with Crippen LogP contribution in [0.3, 0.4) is 0 Å². The molecule has 0 fully saturated rings. The molecule has 5 heteroatoms. The van der Waals surface area contributed by atoms with Gasteiger partial charge in [0.25, 0.3) is 5.88 Å². The molecular formula is C6H5Cl2NO2. The highest BCUT2D eigenvalue weighted by molar-refractivity contribution is 6.35. The molecule has 60 valence electrons. The number of aromatic hydroxyl groups is 1. The Kier molecular flexibility index (Phi) is 2.42. The third kappa shape index (κ3) is 1.67. The number of hydrogen-bond donors (Lipinski definition) is 1. The predicted molar refractivity (Wildman–Crippen MR) is 42.5 cm³/mol. The fraction of sp³-hybridized carbons (Fsp3) is 0.167. The van der Waals surface area contributed by atoms with E-state index in [1.807, 2.05) is 0 Å². The molecule has 11 heavy (non-hydrogen) atoms. The van der Waals surface area contributed by atoms with Crippen molar-refractivity contribution in [3.8, 4) is 11.6 Å². The van der Waals surface area contributed by atoms with Crippen molar-refractivity contribution in [2.24, 2.45) is 0 Å². The van der Waals surface area contributed by atoms with Crippen LogP contribution in [0.15, 0.2) is 6.07 Å². The molecule has 0 bridgehead atoms. The molecular weight excluding hydrogens is 189 g/mol. The summed E-state index contributed by atoms with van der Waals surface area (Å²) in [5, 5.41) is 9.46. The Morgan fingerprint density at radius 2 is 2.18 bits per heavy atom.